The fraction of sp³-hybridized carbons (Fsp3) is 1.00. The quantitative estimate of drug-likeness (QED) is 0.522. The molecule has 1 fully saturated rings. The van der Waals surface area contributed by atoms with Crippen LogP contribution in [0.25, 0.3) is 0 Å². The van der Waals surface area contributed by atoms with E-state index in [1.165, 1.54) is 32.1 Å². The molecular formula is C15H34O5. The predicted octanol–water partition coefficient (Wildman–Crippen LogP) is 1.06. The zero-order valence-electron chi connectivity index (χ0n) is 13.0. The zero-order valence-corrected chi connectivity index (χ0v) is 13.0. The lowest BCUT2D eigenvalue weighted by Gasteiger charge is -2.18. The van der Waals surface area contributed by atoms with E-state index in [4.69, 9.17) is 25.5 Å². The molecule has 1 aliphatic carbocycles. The molecule has 1 unspecified atom stereocenters. The maximum absolute atomic E-state index is 8.69. The van der Waals surface area contributed by atoms with Gasteiger partial charge in [0, 0.05) is 6.61 Å². The molecule has 1 saturated carbocycles. The molecule has 124 valence electrons. The van der Waals surface area contributed by atoms with Crippen molar-refractivity contribution in [2.45, 2.75) is 71.0 Å². The summed E-state index contributed by atoms with van der Waals surface area (Å²) in [4.78, 5) is 0. The van der Waals surface area contributed by atoms with Gasteiger partial charge in [-0.25, -0.2) is 0 Å². The van der Waals surface area contributed by atoms with E-state index in [2.05, 4.69) is 6.92 Å². The van der Waals surface area contributed by atoms with Crippen LogP contribution in [-0.4, -0.2) is 57.6 Å². The van der Waals surface area contributed by atoms with Gasteiger partial charge in [0.2, 0.25) is 0 Å². The van der Waals surface area contributed by atoms with Gasteiger partial charge in [0.25, 0.3) is 0 Å². The van der Waals surface area contributed by atoms with Crippen LogP contribution >= 0.6 is 0 Å². The molecule has 0 aromatic carbocycles. The van der Waals surface area contributed by atoms with Crippen molar-refractivity contribution in [3.8, 4) is 0 Å². The summed E-state index contributed by atoms with van der Waals surface area (Å²) >= 11 is 0. The van der Waals surface area contributed by atoms with Gasteiger partial charge in [0.1, 0.15) is 6.10 Å². The number of rotatable bonds is 5. The van der Waals surface area contributed by atoms with E-state index in [1.807, 2.05) is 6.92 Å². The standard InChI is InChI=1S/C7H14O.C5H12O.C3H8O3/c8-6-7-4-2-1-3-5-7;1-3-4-5(2)6;4-1-3(6)2-5/h7-8H,1-6H2;5-6H,3-4H2,1-2H3;3-6H,1-2H2. The first-order valence-electron chi connectivity index (χ1n) is 7.70. The monoisotopic (exact) mass is 294 g/mol. The third kappa shape index (κ3) is 17.8. The largest absolute Gasteiger partial charge is 0.396 e. The van der Waals surface area contributed by atoms with Crippen molar-refractivity contribution in [3.05, 3.63) is 0 Å². The van der Waals surface area contributed by atoms with Crippen LogP contribution in [0.3, 0.4) is 0 Å². The molecule has 20 heavy (non-hydrogen) atoms. The molecular weight excluding hydrogens is 260 g/mol. The van der Waals surface area contributed by atoms with Crippen LogP contribution in [0, 0.1) is 5.92 Å². The molecule has 1 atom stereocenters. The number of hydrogen-bond acceptors (Lipinski definition) is 5. The lowest BCUT2D eigenvalue weighted by molar-refractivity contribution is 0.0450. The van der Waals surface area contributed by atoms with E-state index >= 15 is 0 Å². The van der Waals surface area contributed by atoms with Crippen molar-refractivity contribution in [2.75, 3.05) is 19.8 Å². The highest BCUT2D eigenvalue weighted by Gasteiger charge is 2.10. The summed E-state index contributed by atoms with van der Waals surface area (Å²) in [5, 5.41) is 41.3. The van der Waals surface area contributed by atoms with Crippen LogP contribution in [-0.2, 0) is 0 Å². The molecule has 0 radical (unpaired) electrons. The maximum Gasteiger partial charge on any atom is 0.100 e. The summed E-state index contributed by atoms with van der Waals surface area (Å²) in [5.41, 5.74) is 0. The topological polar surface area (TPSA) is 101 Å². The highest BCUT2D eigenvalue weighted by molar-refractivity contribution is 4.63. The minimum Gasteiger partial charge on any atom is -0.396 e. The van der Waals surface area contributed by atoms with Crippen molar-refractivity contribution in [1.29, 1.82) is 0 Å². The van der Waals surface area contributed by atoms with Crippen molar-refractivity contribution in [3.63, 3.8) is 0 Å². The maximum atomic E-state index is 8.69. The molecule has 0 aromatic rings. The third-order valence-corrected chi connectivity index (χ3v) is 3.11. The summed E-state index contributed by atoms with van der Waals surface area (Å²) in [5.74, 6) is 0.642. The number of aliphatic hydroxyl groups is 5. The van der Waals surface area contributed by atoms with E-state index in [9.17, 15) is 0 Å². The number of aliphatic hydroxyl groups excluding tert-OH is 5. The normalized spacial score (nSPS) is 16.8. The highest BCUT2D eigenvalue weighted by Crippen LogP contribution is 2.22. The minimum absolute atomic E-state index is 0.102. The molecule has 0 bridgehead atoms. The van der Waals surface area contributed by atoms with Gasteiger partial charge in [0.15, 0.2) is 0 Å². The fourth-order valence-electron chi connectivity index (χ4n) is 1.85. The summed E-state index contributed by atoms with van der Waals surface area (Å²) in [6, 6.07) is 0. The Balaban J connectivity index is 0. The van der Waals surface area contributed by atoms with Gasteiger partial charge in [-0.15, -0.1) is 0 Å². The van der Waals surface area contributed by atoms with Crippen LogP contribution in [0.1, 0.15) is 58.8 Å². The Bertz CT molecular complexity index is 166. The van der Waals surface area contributed by atoms with Gasteiger partial charge in [-0.1, -0.05) is 32.6 Å². The van der Waals surface area contributed by atoms with Crippen LogP contribution in [0.5, 0.6) is 0 Å². The first-order valence-corrected chi connectivity index (χ1v) is 7.70. The minimum atomic E-state index is -0.954. The molecule has 0 saturated heterocycles. The Kier molecular flexibility index (Phi) is 18.6. The van der Waals surface area contributed by atoms with Gasteiger partial charge in [0.05, 0.1) is 19.3 Å². The zero-order chi connectivity index (χ0) is 15.8. The summed E-state index contributed by atoms with van der Waals surface area (Å²) in [7, 11) is 0. The Morgan fingerprint density at radius 2 is 1.45 bits per heavy atom. The van der Waals surface area contributed by atoms with Gasteiger partial charge in [-0.2, -0.15) is 0 Å². The summed E-state index contributed by atoms with van der Waals surface area (Å²) in [6.45, 7) is 3.56. The Morgan fingerprint density at radius 1 is 0.950 bits per heavy atom. The lowest BCUT2D eigenvalue weighted by Crippen LogP contribution is -2.15. The van der Waals surface area contributed by atoms with E-state index < -0.39 is 6.10 Å². The van der Waals surface area contributed by atoms with Gasteiger partial charge in [-0.05, 0) is 32.1 Å². The first-order chi connectivity index (χ1) is 9.51. The molecule has 0 aromatic heterocycles. The van der Waals surface area contributed by atoms with E-state index in [1.54, 1.807) is 0 Å². The second-order valence-corrected chi connectivity index (χ2v) is 5.34. The second-order valence-electron chi connectivity index (χ2n) is 5.34. The number of hydrogen-bond donors (Lipinski definition) is 5. The van der Waals surface area contributed by atoms with Crippen LogP contribution in [0.2, 0.25) is 0 Å². The van der Waals surface area contributed by atoms with Crippen LogP contribution in [0.4, 0.5) is 0 Å². The molecule has 1 aliphatic rings. The molecule has 0 aliphatic heterocycles. The molecule has 0 heterocycles. The molecule has 0 spiro atoms. The smallest absolute Gasteiger partial charge is 0.100 e. The molecule has 0 amide bonds. The second kappa shape index (κ2) is 16.9. The molecule has 5 heteroatoms. The average molecular weight is 294 g/mol. The molecule has 1 rings (SSSR count). The predicted molar refractivity (Wildman–Crippen MR) is 80.4 cm³/mol. The first kappa shape index (κ1) is 22.1. The summed E-state index contributed by atoms with van der Waals surface area (Å²) < 4.78 is 0. The van der Waals surface area contributed by atoms with Crippen molar-refractivity contribution >= 4 is 0 Å². The van der Waals surface area contributed by atoms with Crippen LogP contribution in [0.15, 0.2) is 0 Å². The van der Waals surface area contributed by atoms with Gasteiger partial charge < -0.3 is 25.5 Å². The van der Waals surface area contributed by atoms with E-state index in [0.29, 0.717) is 12.5 Å². The van der Waals surface area contributed by atoms with E-state index in [0.717, 1.165) is 12.8 Å². The average Bonchev–Trinajstić information content (AvgIpc) is 2.48. The Hall–Kier alpha value is -0.200. The van der Waals surface area contributed by atoms with Crippen molar-refractivity contribution < 1.29 is 25.5 Å². The van der Waals surface area contributed by atoms with E-state index in [-0.39, 0.29) is 19.3 Å². The van der Waals surface area contributed by atoms with Gasteiger partial charge in [-0.3, -0.25) is 0 Å². The Labute approximate surface area is 123 Å². The summed E-state index contributed by atoms with van der Waals surface area (Å²) in [6.07, 6.45) is 7.54. The third-order valence-electron chi connectivity index (χ3n) is 3.11. The van der Waals surface area contributed by atoms with Gasteiger partial charge >= 0.3 is 0 Å². The van der Waals surface area contributed by atoms with Crippen molar-refractivity contribution in [1.82, 2.24) is 0 Å². The lowest BCUT2D eigenvalue weighted by atomic mass is 9.90. The SMILES string of the molecule is CCCC(C)O.OCC(O)CO.OCC1CCCCC1. The Morgan fingerprint density at radius 3 is 1.60 bits per heavy atom. The molecule has 5 nitrogen and oxygen atoms in total. The van der Waals surface area contributed by atoms with Crippen LogP contribution < -0.4 is 0 Å². The fourth-order valence-corrected chi connectivity index (χ4v) is 1.85. The molecule has 5 N–H and O–H groups in total. The highest BCUT2D eigenvalue weighted by atomic mass is 16.3. The van der Waals surface area contributed by atoms with Crippen molar-refractivity contribution in [2.24, 2.45) is 5.92 Å².